The lowest BCUT2D eigenvalue weighted by Crippen LogP contribution is -2.20. The number of nitrogens with two attached hydrogens (primary N) is 1. The Hall–Kier alpha value is -2.21. The highest BCUT2D eigenvalue weighted by molar-refractivity contribution is 5.43. The summed E-state index contributed by atoms with van der Waals surface area (Å²) in [6.45, 7) is 2.19. The summed E-state index contributed by atoms with van der Waals surface area (Å²) in [4.78, 5) is 8.46. The van der Waals surface area contributed by atoms with Crippen LogP contribution >= 0.6 is 0 Å². The molecule has 1 unspecified atom stereocenters. The van der Waals surface area contributed by atoms with Gasteiger partial charge in [0.25, 0.3) is 0 Å². The van der Waals surface area contributed by atoms with Crippen LogP contribution in [0.4, 0.5) is 10.2 Å². The monoisotopic (exact) mass is 274 g/mol. The number of aryl methyl sites for hydroxylation is 1. The molecule has 104 valence electrons. The Labute approximate surface area is 116 Å². The number of para-hydroxylation sites is 1. The smallest absolute Gasteiger partial charge is 0.187 e. The van der Waals surface area contributed by atoms with Crippen LogP contribution in [0.3, 0.4) is 0 Å². The lowest BCUT2D eigenvalue weighted by Gasteiger charge is -2.25. The van der Waals surface area contributed by atoms with E-state index < -0.39 is 5.82 Å². The van der Waals surface area contributed by atoms with Gasteiger partial charge in [0, 0.05) is 5.56 Å². The van der Waals surface area contributed by atoms with E-state index in [1.54, 1.807) is 6.92 Å². The maximum atomic E-state index is 13.8. The first kappa shape index (κ1) is 12.8. The Morgan fingerprint density at radius 2 is 2.15 bits per heavy atom. The molecule has 0 aliphatic carbocycles. The molecule has 0 saturated heterocycles. The van der Waals surface area contributed by atoms with Crippen molar-refractivity contribution >= 4 is 5.82 Å². The number of hydrogen-bond donors (Lipinski definition) is 2. The number of hydrogen-bond acceptors (Lipinski definition) is 5. The average Bonchev–Trinajstić information content (AvgIpc) is 2.49. The van der Waals surface area contributed by atoms with Crippen molar-refractivity contribution in [2.75, 3.05) is 12.0 Å². The molecule has 3 N–H and O–H groups in total. The number of nitrogens with one attached hydrogen (secondary N) is 1. The Kier molecular flexibility index (Phi) is 3.23. The molecule has 6 heteroatoms. The molecule has 0 amide bonds. The average molecular weight is 274 g/mol. The fourth-order valence-electron chi connectivity index (χ4n) is 2.44. The lowest BCUT2D eigenvalue weighted by atomic mass is 9.92. The highest BCUT2D eigenvalue weighted by Crippen LogP contribution is 2.37. The molecule has 0 spiro atoms. The molecule has 0 fully saturated rings. The van der Waals surface area contributed by atoms with Crippen LogP contribution in [0.1, 0.15) is 29.4 Å². The van der Waals surface area contributed by atoms with Gasteiger partial charge in [-0.05, 0) is 19.4 Å². The third-order valence-electron chi connectivity index (χ3n) is 3.44. The Balaban J connectivity index is 2.09. The van der Waals surface area contributed by atoms with Crippen molar-refractivity contribution in [2.45, 2.75) is 19.3 Å². The summed E-state index contributed by atoms with van der Waals surface area (Å²) in [6.07, 6.45) is 0.756. The number of hydrazine groups is 1. The van der Waals surface area contributed by atoms with E-state index in [0.717, 1.165) is 17.7 Å². The number of benzene rings is 1. The van der Waals surface area contributed by atoms with E-state index >= 15 is 0 Å². The Morgan fingerprint density at radius 1 is 1.35 bits per heavy atom. The number of rotatable bonds is 2. The summed E-state index contributed by atoms with van der Waals surface area (Å²) in [5.41, 5.74) is 3.59. The van der Waals surface area contributed by atoms with E-state index in [-0.39, 0.29) is 17.4 Å². The van der Waals surface area contributed by atoms with Crippen molar-refractivity contribution in [1.29, 1.82) is 0 Å². The molecule has 3 rings (SSSR count). The van der Waals surface area contributed by atoms with Gasteiger partial charge in [-0.3, -0.25) is 0 Å². The number of anilines is 1. The molecule has 2 heterocycles. The zero-order valence-electron chi connectivity index (χ0n) is 11.1. The highest BCUT2D eigenvalue weighted by Gasteiger charge is 2.26. The van der Waals surface area contributed by atoms with Gasteiger partial charge in [-0.25, -0.2) is 20.2 Å². The van der Waals surface area contributed by atoms with Gasteiger partial charge in [0.05, 0.1) is 18.2 Å². The van der Waals surface area contributed by atoms with Crippen LogP contribution < -0.4 is 16.0 Å². The minimum Gasteiger partial charge on any atom is -0.493 e. The standard InChI is InChI=1S/C14H15FN4O/c1-8-12(15)14(19-16)18-13(17-8)10-6-7-20-11-5-3-2-4-9(10)11/h2-5,10H,6-7,16H2,1H3,(H,17,18,19). The number of fused-ring (bicyclic) bond motifs is 1. The quantitative estimate of drug-likeness (QED) is 0.648. The van der Waals surface area contributed by atoms with Gasteiger partial charge in [-0.1, -0.05) is 18.2 Å². The first-order chi connectivity index (χ1) is 9.70. The van der Waals surface area contributed by atoms with Crippen molar-refractivity contribution in [2.24, 2.45) is 5.84 Å². The van der Waals surface area contributed by atoms with Gasteiger partial charge >= 0.3 is 0 Å². The zero-order chi connectivity index (χ0) is 14.1. The van der Waals surface area contributed by atoms with Gasteiger partial charge in [0.1, 0.15) is 11.6 Å². The molecule has 1 atom stereocenters. The normalized spacial score (nSPS) is 17.2. The molecule has 1 aromatic heterocycles. The summed E-state index contributed by atoms with van der Waals surface area (Å²) >= 11 is 0. The van der Waals surface area contributed by atoms with Crippen molar-refractivity contribution in [3.63, 3.8) is 0 Å². The second-order valence-corrected chi connectivity index (χ2v) is 4.70. The number of ether oxygens (including phenoxy) is 1. The number of halogens is 1. The maximum absolute atomic E-state index is 13.8. The van der Waals surface area contributed by atoms with Crippen molar-refractivity contribution in [1.82, 2.24) is 9.97 Å². The van der Waals surface area contributed by atoms with Gasteiger partial charge < -0.3 is 10.2 Å². The molecule has 0 saturated carbocycles. The minimum absolute atomic E-state index is 0.00801. The summed E-state index contributed by atoms with van der Waals surface area (Å²) < 4.78 is 19.4. The summed E-state index contributed by atoms with van der Waals surface area (Å²) in [5.74, 6) is 6.20. The largest absolute Gasteiger partial charge is 0.493 e. The van der Waals surface area contributed by atoms with Crippen LogP contribution in [-0.4, -0.2) is 16.6 Å². The van der Waals surface area contributed by atoms with E-state index in [1.807, 2.05) is 24.3 Å². The van der Waals surface area contributed by atoms with E-state index in [2.05, 4.69) is 15.4 Å². The molecular formula is C14H15FN4O. The van der Waals surface area contributed by atoms with Crippen LogP contribution in [0.25, 0.3) is 0 Å². The van der Waals surface area contributed by atoms with Crippen LogP contribution in [-0.2, 0) is 0 Å². The molecule has 1 aliphatic heterocycles. The molecule has 1 aromatic carbocycles. The second-order valence-electron chi connectivity index (χ2n) is 4.70. The Morgan fingerprint density at radius 3 is 2.95 bits per heavy atom. The molecule has 20 heavy (non-hydrogen) atoms. The third kappa shape index (κ3) is 2.08. The topological polar surface area (TPSA) is 73.1 Å². The fourth-order valence-corrected chi connectivity index (χ4v) is 2.44. The van der Waals surface area contributed by atoms with Crippen molar-refractivity contribution < 1.29 is 9.13 Å². The lowest BCUT2D eigenvalue weighted by molar-refractivity contribution is 0.274. The third-order valence-corrected chi connectivity index (χ3v) is 3.44. The van der Waals surface area contributed by atoms with Crippen LogP contribution in [0.5, 0.6) is 5.75 Å². The van der Waals surface area contributed by atoms with Crippen molar-refractivity contribution in [3.05, 3.63) is 47.2 Å². The first-order valence-corrected chi connectivity index (χ1v) is 6.43. The molecule has 0 bridgehead atoms. The summed E-state index contributed by atoms with van der Waals surface area (Å²) in [6, 6.07) is 7.76. The molecular weight excluding hydrogens is 259 g/mol. The minimum atomic E-state index is -0.517. The Bertz CT molecular complexity index is 647. The first-order valence-electron chi connectivity index (χ1n) is 6.43. The number of aromatic nitrogens is 2. The second kappa shape index (κ2) is 5.05. The summed E-state index contributed by atoms with van der Waals surface area (Å²) in [7, 11) is 0. The summed E-state index contributed by atoms with van der Waals surface area (Å²) in [5, 5.41) is 0. The van der Waals surface area contributed by atoms with E-state index in [4.69, 9.17) is 10.6 Å². The van der Waals surface area contributed by atoms with Crippen LogP contribution in [0.2, 0.25) is 0 Å². The fraction of sp³-hybridized carbons (Fsp3) is 0.286. The van der Waals surface area contributed by atoms with Crippen molar-refractivity contribution in [3.8, 4) is 5.75 Å². The van der Waals surface area contributed by atoms with E-state index in [9.17, 15) is 4.39 Å². The van der Waals surface area contributed by atoms with Crippen LogP contribution in [0.15, 0.2) is 24.3 Å². The molecule has 2 aromatic rings. The van der Waals surface area contributed by atoms with E-state index in [0.29, 0.717) is 12.4 Å². The van der Waals surface area contributed by atoms with E-state index in [1.165, 1.54) is 0 Å². The molecule has 1 aliphatic rings. The molecule has 0 radical (unpaired) electrons. The highest BCUT2D eigenvalue weighted by atomic mass is 19.1. The SMILES string of the molecule is Cc1nc(C2CCOc3ccccc32)nc(NN)c1F. The zero-order valence-corrected chi connectivity index (χ0v) is 11.1. The maximum Gasteiger partial charge on any atom is 0.187 e. The van der Waals surface area contributed by atoms with Gasteiger partial charge in [-0.2, -0.15) is 0 Å². The number of nitrogen functional groups attached to an aromatic ring is 1. The van der Waals surface area contributed by atoms with Crippen LogP contribution in [0, 0.1) is 12.7 Å². The molecule has 5 nitrogen and oxygen atoms in total. The predicted molar refractivity (Wildman–Crippen MR) is 72.9 cm³/mol. The van der Waals surface area contributed by atoms with Gasteiger partial charge in [-0.15, -0.1) is 0 Å². The predicted octanol–water partition coefficient (Wildman–Crippen LogP) is 2.12. The number of nitrogens with zero attached hydrogens (tertiary/aromatic N) is 2. The van der Waals surface area contributed by atoms with Gasteiger partial charge in [0.2, 0.25) is 0 Å². The van der Waals surface area contributed by atoms with Gasteiger partial charge in [0.15, 0.2) is 11.6 Å².